The maximum absolute atomic E-state index is 14.1. The summed E-state index contributed by atoms with van der Waals surface area (Å²) in [5.41, 5.74) is 2.67. The molecule has 38 heavy (non-hydrogen) atoms. The van der Waals surface area contributed by atoms with Crippen molar-refractivity contribution in [1.29, 1.82) is 0 Å². The van der Waals surface area contributed by atoms with Gasteiger partial charge in [0, 0.05) is 12.1 Å². The summed E-state index contributed by atoms with van der Waals surface area (Å²) in [6.07, 6.45) is 3.99. The van der Waals surface area contributed by atoms with Crippen molar-refractivity contribution in [2.24, 2.45) is 0 Å². The number of nitrogens with zero attached hydrogens (tertiary/aromatic N) is 3. The van der Waals surface area contributed by atoms with Crippen molar-refractivity contribution in [3.8, 4) is 11.5 Å². The standard InChI is InChI=1S/C29H31N5O4/c1-37-22-16-20(17-23(18-22)38-2)26(28(35)30-21-12-6-7-13-21)31-29(36)27(19-10-4-3-5-11-19)34-25-15-9-8-14-24(25)32-33-34/h3-5,8-11,14-18,21,26-27H,6-7,12-13H2,1-2H3,(H,30,35)(H,31,36). The monoisotopic (exact) mass is 513 g/mol. The van der Waals surface area contributed by atoms with Crippen LogP contribution in [0.5, 0.6) is 11.5 Å². The molecule has 1 aromatic heterocycles. The largest absolute Gasteiger partial charge is 0.497 e. The van der Waals surface area contributed by atoms with Gasteiger partial charge in [0.15, 0.2) is 6.04 Å². The molecule has 0 aliphatic heterocycles. The van der Waals surface area contributed by atoms with E-state index in [-0.39, 0.29) is 17.9 Å². The number of aromatic nitrogens is 3. The smallest absolute Gasteiger partial charge is 0.250 e. The zero-order valence-corrected chi connectivity index (χ0v) is 21.5. The Bertz CT molecular complexity index is 1390. The highest BCUT2D eigenvalue weighted by molar-refractivity contribution is 5.92. The van der Waals surface area contributed by atoms with Gasteiger partial charge in [-0.3, -0.25) is 9.59 Å². The Morgan fingerprint density at radius 3 is 2.21 bits per heavy atom. The molecule has 1 saturated carbocycles. The van der Waals surface area contributed by atoms with Gasteiger partial charge in [0.25, 0.3) is 0 Å². The molecule has 0 radical (unpaired) electrons. The second-order valence-electron chi connectivity index (χ2n) is 9.41. The molecule has 2 unspecified atom stereocenters. The maximum Gasteiger partial charge on any atom is 0.250 e. The highest BCUT2D eigenvalue weighted by Gasteiger charge is 2.32. The molecule has 0 saturated heterocycles. The van der Waals surface area contributed by atoms with Crippen LogP contribution in [0.15, 0.2) is 72.8 Å². The molecule has 5 rings (SSSR count). The van der Waals surface area contributed by atoms with Crippen molar-refractivity contribution in [2.75, 3.05) is 14.2 Å². The molecule has 1 heterocycles. The topological polar surface area (TPSA) is 107 Å². The van der Waals surface area contributed by atoms with Gasteiger partial charge >= 0.3 is 0 Å². The number of carbonyl (C=O) groups excluding carboxylic acids is 2. The Morgan fingerprint density at radius 2 is 1.53 bits per heavy atom. The lowest BCUT2D eigenvalue weighted by atomic mass is 10.0. The SMILES string of the molecule is COc1cc(OC)cc(C(NC(=O)C(c2ccccc2)n2nnc3ccccc32)C(=O)NC2CCCC2)c1. The zero-order valence-electron chi connectivity index (χ0n) is 21.5. The van der Waals surface area contributed by atoms with Crippen LogP contribution >= 0.6 is 0 Å². The van der Waals surface area contributed by atoms with Crippen molar-refractivity contribution in [3.05, 3.63) is 83.9 Å². The van der Waals surface area contributed by atoms with E-state index in [1.54, 1.807) is 37.1 Å². The van der Waals surface area contributed by atoms with Crippen LogP contribution in [0.1, 0.15) is 48.9 Å². The highest BCUT2D eigenvalue weighted by Crippen LogP contribution is 2.29. The summed E-state index contributed by atoms with van der Waals surface area (Å²) in [6.45, 7) is 0. The number of carbonyl (C=O) groups is 2. The fraction of sp³-hybridized carbons (Fsp3) is 0.310. The minimum Gasteiger partial charge on any atom is -0.497 e. The van der Waals surface area contributed by atoms with Gasteiger partial charge in [-0.2, -0.15) is 0 Å². The van der Waals surface area contributed by atoms with Gasteiger partial charge < -0.3 is 20.1 Å². The molecule has 4 aromatic rings. The van der Waals surface area contributed by atoms with Crippen LogP contribution in [-0.4, -0.2) is 47.1 Å². The summed E-state index contributed by atoms with van der Waals surface area (Å²) < 4.78 is 12.5. The Balaban J connectivity index is 1.54. The van der Waals surface area contributed by atoms with Gasteiger partial charge in [-0.15, -0.1) is 5.10 Å². The van der Waals surface area contributed by atoms with Crippen LogP contribution in [0.4, 0.5) is 0 Å². The first-order valence-electron chi connectivity index (χ1n) is 12.8. The van der Waals surface area contributed by atoms with E-state index in [1.807, 2.05) is 54.6 Å². The van der Waals surface area contributed by atoms with Gasteiger partial charge in [0.2, 0.25) is 11.8 Å². The first-order valence-corrected chi connectivity index (χ1v) is 12.8. The summed E-state index contributed by atoms with van der Waals surface area (Å²) in [5.74, 6) is 0.374. The molecular formula is C29H31N5O4. The third-order valence-corrected chi connectivity index (χ3v) is 6.94. The Kier molecular flexibility index (Phi) is 7.53. The lowest BCUT2D eigenvalue weighted by Gasteiger charge is -2.25. The summed E-state index contributed by atoms with van der Waals surface area (Å²) in [7, 11) is 3.10. The molecule has 9 nitrogen and oxygen atoms in total. The predicted molar refractivity (Wildman–Crippen MR) is 143 cm³/mol. The number of amides is 2. The second-order valence-corrected chi connectivity index (χ2v) is 9.41. The maximum atomic E-state index is 14.1. The predicted octanol–water partition coefficient (Wildman–Crippen LogP) is 3.95. The van der Waals surface area contributed by atoms with E-state index in [9.17, 15) is 9.59 Å². The summed E-state index contributed by atoms with van der Waals surface area (Å²) in [4.78, 5) is 27.7. The van der Waals surface area contributed by atoms with Crippen LogP contribution < -0.4 is 20.1 Å². The molecule has 2 N–H and O–H groups in total. The van der Waals surface area contributed by atoms with Gasteiger partial charge in [0.1, 0.15) is 23.1 Å². The Hall–Kier alpha value is -4.40. The highest BCUT2D eigenvalue weighted by atomic mass is 16.5. The lowest BCUT2D eigenvalue weighted by molar-refractivity contribution is -0.130. The minimum absolute atomic E-state index is 0.0820. The summed E-state index contributed by atoms with van der Waals surface area (Å²) in [6, 6.07) is 20.3. The van der Waals surface area contributed by atoms with Gasteiger partial charge in [-0.25, -0.2) is 4.68 Å². The molecule has 196 valence electrons. The van der Waals surface area contributed by atoms with E-state index in [2.05, 4.69) is 20.9 Å². The molecule has 3 aromatic carbocycles. The molecule has 1 aliphatic rings. The summed E-state index contributed by atoms with van der Waals surface area (Å²) in [5, 5.41) is 14.7. The van der Waals surface area contributed by atoms with E-state index in [0.717, 1.165) is 31.2 Å². The molecule has 0 spiro atoms. The van der Waals surface area contributed by atoms with Crippen molar-refractivity contribution >= 4 is 22.8 Å². The van der Waals surface area contributed by atoms with Gasteiger partial charge in [-0.05, 0) is 48.2 Å². The van der Waals surface area contributed by atoms with E-state index in [0.29, 0.717) is 28.1 Å². The van der Waals surface area contributed by atoms with Crippen molar-refractivity contribution in [3.63, 3.8) is 0 Å². The first kappa shape index (κ1) is 25.3. The minimum atomic E-state index is -0.979. The fourth-order valence-electron chi connectivity index (χ4n) is 4.99. The number of fused-ring (bicyclic) bond motifs is 1. The molecule has 1 aliphatic carbocycles. The number of ether oxygens (including phenoxy) is 2. The Morgan fingerprint density at radius 1 is 0.868 bits per heavy atom. The summed E-state index contributed by atoms with van der Waals surface area (Å²) >= 11 is 0. The van der Waals surface area contributed by atoms with Crippen LogP contribution in [0, 0.1) is 0 Å². The molecule has 2 atom stereocenters. The normalized spacial score (nSPS) is 15.1. The third-order valence-electron chi connectivity index (χ3n) is 6.94. The number of hydrogen-bond acceptors (Lipinski definition) is 6. The van der Waals surface area contributed by atoms with Crippen LogP contribution in [0.2, 0.25) is 0 Å². The van der Waals surface area contributed by atoms with E-state index >= 15 is 0 Å². The first-order chi connectivity index (χ1) is 18.6. The Labute approximate surface area is 221 Å². The van der Waals surface area contributed by atoms with Crippen LogP contribution in [0.3, 0.4) is 0 Å². The van der Waals surface area contributed by atoms with Crippen LogP contribution in [0.25, 0.3) is 11.0 Å². The van der Waals surface area contributed by atoms with Gasteiger partial charge in [0.05, 0.1) is 19.7 Å². The number of benzene rings is 3. The number of methoxy groups -OCH3 is 2. The van der Waals surface area contributed by atoms with Crippen molar-refractivity contribution < 1.29 is 19.1 Å². The van der Waals surface area contributed by atoms with Crippen molar-refractivity contribution in [1.82, 2.24) is 25.6 Å². The number of para-hydroxylation sites is 1. The molecule has 2 amide bonds. The average molecular weight is 514 g/mol. The third kappa shape index (κ3) is 5.32. The van der Waals surface area contributed by atoms with Gasteiger partial charge in [-0.1, -0.05) is 60.5 Å². The number of rotatable bonds is 9. The molecule has 0 bridgehead atoms. The lowest BCUT2D eigenvalue weighted by Crippen LogP contribution is -2.45. The molecule has 9 heteroatoms. The average Bonchev–Trinajstić information content (AvgIpc) is 3.62. The fourth-order valence-corrected chi connectivity index (χ4v) is 4.99. The number of hydrogen-bond donors (Lipinski definition) is 2. The number of nitrogens with one attached hydrogen (secondary N) is 2. The second kappa shape index (κ2) is 11.3. The zero-order chi connectivity index (χ0) is 26.5. The van der Waals surface area contributed by atoms with Crippen LogP contribution in [-0.2, 0) is 9.59 Å². The molecule has 1 fully saturated rings. The van der Waals surface area contributed by atoms with E-state index < -0.39 is 12.1 Å². The van der Waals surface area contributed by atoms with Crippen molar-refractivity contribution in [2.45, 2.75) is 43.8 Å². The quantitative estimate of drug-likeness (QED) is 0.351. The van der Waals surface area contributed by atoms with E-state index in [4.69, 9.17) is 9.47 Å². The molecular weight excluding hydrogens is 482 g/mol. The van der Waals surface area contributed by atoms with E-state index in [1.165, 1.54) is 0 Å².